The lowest BCUT2D eigenvalue weighted by Gasteiger charge is -2.36. The van der Waals surface area contributed by atoms with Crippen LogP contribution in [0.1, 0.15) is 32.5 Å². The number of carbonyl (C=O) groups is 2. The van der Waals surface area contributed by atoms with E-state index in [0.717, 1.165) is 17.9 Å². The number of morpholine rings is 1. The molecule has 8 rings (SSSR count). The summed E-state index contributed by atoms with van der Waals surface area (Å²) in [5.41, 5.74) is 4.60. The third kappa shape index (κ3) is 5.94. The zero-order chi connectivity index (χ0) is 34.2. The Morgan fingerprint density at radius 1 is 1.02 bits per heavy atom. The summed E-state index contributed by atoms with van der Waals surface area (Å²) in [6.07, 6.45) is 5.97. The average molecular weight is 678 g/mol. The lowest BCUT2D eigenvalue weighted by molar-refractivity contribution is 0.0269. The number of carbonyl (C=O) groups excluding carboxylic acids is 2. The summed E-state index contributed by atoms with van der Waals surface area (Å²) in [5, 5.41) is 19.8. The highest BCUT2D eigenvalue weighted by Gasteiger charge is 2.30. The molecule has 5 aromatic heterocycles. The monoisotopic (exact) mass is 677 g/mol. The van der Waals surface area contributed by atoms with E-state index < -0.39 is 0 Å². The molecule has 6 aromatic rings. The normalized spacial score (nSPS) is 16.6. The molecule has 1 atom stereocenters. The number of halogens is 1. The Kier molecular flexibility index (Phi) is 8.22. The molecule has 0 saturated carbocycles. The van der Waals surface area contributed by atoms with Crippen LogP contribution in [-0.4, -0.2) is 97.1 Å². The molecule has 2 N–H and O–H groups in total. The van der Waals surface area contributed by atoms with Gasteiger partial charge in [-0.05, 0) is 42.5 Å². The summed E-state index contributed by atoms with van der Waals surface area (Å²) in [7, 11) is 1.85. The summed E-state index contributed by atoms with van der Waals surface area (Å²) < 4.78 is 28.1. The molecule has 16 heteroatoms. The third-order valence-corrected chi connectivity index (χ3v) is 8.85. The van der Waals surface area contributed by atoms with E-state index >= 15 is 0 Å². The Bertz CT molecular complexity index is 2170. The molecule has 254 valence electrons. The lowest BCUT2D eigenvalue weighted by Crippen LogP contribution is -2.49. The van der Waals surface area contributed by atoms with Crippen LogP contribution in [0.3, 0.4) is 0 Å². The SMILES string of the molecule is Cn1nc(-c2ccc(F)cc2)c(-c2ccc3nc(NC(=O)c4ccncc4C4CNCCO4)cn3n2)c1N1CCN(C(=O)c2ccon2)CC1. The predicted octanol–water partition coefficient (Wildman–Crippen LogP) is 3.19. The van der Waals surface area contributed by atoms with Crippen molar-refractivity contribution in [2.24, 2.45) is 7.05 Å². The van der Waals surface area contributed by atoms with Gasteiger partial charge >= 0.3 is 0 Å². The molecular weight excluding hydrogens is 645 g/mol. The third-order valence-electron chi connectivity index (χ3n) is 8.85. The van der Waals surface area contributed by atoms with Crippen LogP contribution in [0.15, 0.2) is 77.9 Å². The minimum Gasteiger partial charge on any atom is -0.371 e. The Morgan fingerprint density at radius 3 is 2.62 bits per heavy atom. The number of rotatable bonds is 7. The zero-order valence-electron chi connectivity index (χ0n) is 27.0. The van der Waals surface area contributed by atoms with E-state index in [-0.39, 0.29) is 29.4 Å². The molecule has 1 aromatic carbocycles. The minimum absolute atomic E-state index is 0.190. The van der Waals surface area contributed by atoms with Crippen LogP contribution in [0, 0.1) is 5.82 Å². The number of fused-ring (bicyclic) bond motifs is 1. The highest BCUT2D eigenvalue weighted by Crippen LogP contribution is 2.39. The molecule has 15 nitrogen and oxygen atoms in total. The van der Waals surface area contributed by atoms with Gasteiger partial charge in [0.15, 0.2) is 17.2 Å². The molecule has 2 saturated heterocycles. The number of hydrogen-bond donors (Lipinski definition) is 2. The number of aromatic nitrogens is 7. The second kappa shape index (κ2) is 13.1. The van der Waals surface area contributed by atoms with Gasteiger partial charge in [0.25, 0.3) is 11.8 Å². The van der Waals surface area contributed by atoms with Gasteiger partial charge in [0.2, 0.25) is 0 Å². The predicted molar refractivity (Wildman–Crippen MR) is 179 cm³/mol. The molecule has 0 bridgehead atoms. The fourth-order valence-electron chi connectivity index (χ4n) is 6.42. The van der Waals surface area contributed by atoms with Gasteiger partial charge in [0.1, 0.15) is 23.6 Å². The zero-order valence-corrected chi connectivity index (χ0v) is 27.0. The van der Waals surface area contributed by atoms with Gasteiger partial charge in [-0.3, -0.25) is 19.3 Å². The van der Waals surface area contributed by atoms with Crippen LogP contribution in [0.2, 0.25) is 0 Å². The van der Waals surface area contributed by atoms with E-state index in [1.54, 1.807) is 57.0 Å². The fraction of sp³-hybridized carbons (Fsp3) is 0.265. The summed E-state index contributed by atoms with van der Waals surface area (Å²) in [4.78, 5) is 39.1. The van der Waals surface area contributed by atoms with Crippen LogP contribution in [0.25, 0.3) is 28.2 Å². The second-order valence-electron chi connectivity index (χ2n) is 12.0. The first-order chi connectivity index (χ1) is 24.4. The van der Waals surface area contributed by atoms with Crippen molar-refractivity contribution < 1.29 is 23.2 Å². The first kappa shape index (κ1) is 31.3. The Balaban J connectivity index is 1.11. The van der Waals surface area contributed by atoms with E-state index in [1.165, 1.54) is 18.4 Å². The van der Waals surface area contributed by atoms with Crippen molar-refractivity contribution in [3.8, 4) is 22.5 Å². The molecule has 0 spiro atoms. The first-order valence-electron chi connectivity index (χ1n) is 16.1. The quantitative estimate of drug-likeness (QED) is 0.255. The maximum atomic E-state index is 14.0. The van der Waals surface area contributed by atoms with Crippen molar-refractivity contribution in [1.29, 1.82) is 0 Å². The number of amides is 2. The first-order valence-corrected chi connectivity index (χ1v) is 16.1. The highest BCUT2D eigenvalue weighted by molar-refractivity contribution is 6.05. The maximum Gasteiger partial charge on any atom is 0.276 e. The number of nitrogens with zero attached hydrogens (tertiary/aromatic N) is 9. The highest BCUT2D eigenvalue weighted by atomic mass is 19.1. The topological polar surface area (TPSA) is 161 Å². The summed E-state index contributed by atoms with van der Waals surface area (Å²) in [6.45, 7) is 3.86. The van der Waals surface area contributed by atoms with Crippen molar-refractivity contribution in [3.63, 3.8) is 0 Å². The Morgan fingerprint density at radius 2 is 1.86 bits per heavy atom. The van der Waals surface area contributed by atoms with Gasteiger partial charge in [-0.1, -0.05) is 5.16 Å². The molecule has 50 heavy (non-hydrogen) atoms. The number of ether oxygens (including phenoxy) is 1. The molecule has 7 heterocycles. The van der Waals surface area contributed by atoms with E-state index in [9.17, 15) is 14.0 Å². The Labute approximate surface area is 284 Å². The van der Waals surface area contributed by atoms with Crippen molar-refractivity contribution in [3.05, 3.63) is 96.0 Å². The van der Waals surface area contributed by atoms with Crippen LogP contribution in [-0.2, 0) is 11.8 Å². The van der Waals surface area contributed by atoms with Crippen molar-refractivity contribution in [2.45, 2.75) is 6.10 Å². The molecule has 2 aliphatic heterocycles. The van der Waals surface area contributed by atoms with E-state index in [1.807, 2.05) is 19.2 Å². The Hall–Kier alpha value is -6.00. The number of piperazine rings is 1. The maximum absolute atomic E-state index is 14.0. The smallest absolute Gasteiger partial charge is 0.276 e. The number of anilines is 2. The standard InChI is InChI=1S/C34H32FN11O4/c1-43-33(44-12-14-45(15-13-44)34(48)26-9-16-50-42-26)30(31(41-43)21-2-4-22(35)5-3-21)25-6-7-29-38-28(20-46(29)40-25)39-32(47)23-8-10-36-18-24(23)27-19-37-11-17-49-27/h2-10,16,18,20,27,37H,11-15,17,19H2,1H3,(H,39,47). The largest absolute Gasteiger partial charge is 0.371 e. The van der Waals surface area contributed by atoms with Gasteiger partial charge < -0.3 is 29.7 Å². The molecule has 0 radical (unpaired) electrons. The van der Waals surface area contributed by atoms with Crippen LogP contribution in [0.5, 0.6) is 0 Å². The number of benzene rings is 1. The molecule has 2 aliphatic rings. The van der Waals surface area contributed by atoms with Crippen molar-refractivity contribution in [1.82, 2.24) is 44.7 Å². The van der Waals surface area contributed by atoms with Crippen LogP contribution >= 0.6 is 0 Å². The van der Waals surface area contributed by atoms with Crippen molar-refractivity contribution in [2.75, 3.05) is 56.1 Å². The van der Waals surface area contributed by atoms with Crippen molar-refractivity contribution >= 4 is 29.1 Å². The van der Waals surface area contributed by atoms with E-state index in [4.69, 9.17) is 19.5 Å². The van der Waals surface area contributed by atoms with Crippen LogP contribution in [0.4, 0.5) is 16.0 Å². The molecular formula is C34H32FN11O4. The van der Waals surface area contributed by atoms with Gasteiger partial charge in [-0.15, -0.1) is 0 Å². The molecule has 1 unspecified atom stereocenters. The summed E-state index contributed by atoms with van der Waals surface area (Å²) in [5.74, 6) is 0.236. The number of hydrogen-bond acceptors (Lipinski definition) is 11. The lowest BCUT2D eigenvalue weighted by atomic mass is 10.0. The minimum atomic E-state index is -0.353. The van der Waals surface area contributed by atoms with Gasteiger partial charge in [-0.2, -0.15) is 10.2 Å². The van der Waals surface area contributed by atoms with Gasteiger partial charge in [0.05, 0.1) is 30.2 Å². The molecule has 2 fully saturated rings. The van der Waals surface area contributed by atoms with Crippen LogP contribution < -0.4 is 15.5 Å². The number of imidazole rings is 1. The fourth-order valence-corrected chi connectivity index (χ4v) is 6.42. The van der Waals surface area contributed by atoms with Gasteiger partial charge in [0, 0.05) is 81.5 Å². The van der Waals surface area contributed by atoms with Gasteiger partial charge in [-0.25, -0.2) is 13.9 Å². The molecule has 2 amide bonds. The van der Waals surface area contributed by atoms with E-state index in [0.29, 0.717) is 78.9 Å². The summed E-state index contributed by atoms with van der Waals surface area (Å²) >= 11 is 0. The summed E-state index contributed by atoms with van der Waals surface area (Å²) in [6, 6.07) is 13.0. The second-order valence-corrected chi connectivity index (χ2v) is 12.0. The van der Waals surface area contributed by atoms with E-state index in [2.05, 4.69) is 30.7 Å². The number of pyridine rings is 1. The number of aryl methyl sites for hydroxylation is 1. The molecule has 0 aliphatic carbocycles. The average Bonchev–Trinajstić information content (AvgIpc) is 3.91. The number of nitrogens with one attached hydrogen (secondary N) is 2.